The van der Waals surface area contributed by atoms with Crippen LogP contribution in [0.15, 0.2) is 12.3 Å². The van der Waals surface area contributed by atoms with Crippen molar-refractivity contribution >= 4 is 17.5 Å². The zero-order valence-corrected chi connectivity index (χ0v) is 7.97. The summed E-state index contributed by atoms with van der Waals surface area (Å²) in [6.07, 6.45) is 1.64. The van der Waals surface area contributed by atoms with E-state index in [0.29, 0.717) is 17.0 Å². The summed E-state index contributed by atoms with van der Waals surface area (Å²) in [5, 5.41) is 3.55. The van der Waals surface area contributed by atoms with Gasteiger partial charge in [0.2, 0.25) is 5.95 Å². The van der Waals surface area contributed by atoms with Crippen molar-refractivity contribution in [2.45, 2.75) is 13.8 Å². The van der Waals surface area contributed by atoms with Crippen LogP contribution in [0.4, 0.5) is 5.95 Å². The Morgan fingerprint density at radius 1 is 1.58 bits per heavy atom. The molecule has 0 unspecified atom stereocenters. The molecule has 0 aliphatic heterocycles. The monoisotopic (exact) mass is 185 g/mol. The highest BCUT2D eigenvalue weighted by Gasteiger charge is 1.97. The van der Waals surface area contributed by atoms with Gasteiger partial charge in [0.05, 0.1) is 0 Å². The van der Waals surface area contributed by atoms with E-state index >= 15 is 0 Å². The molecule has 3 nitrogen and oxygen atoms in total. The second-order valence-electron chi connectivity index (χ2n) is 2.98. The number of anilines is 1. The highest BCUT2D eigenvalue weighted by molar-refractivity contribution is 6.29. The fraction of sp³-hybridized carbons (Fsp3) is 0.500. The number of halogens is 1. The van der Waals surface area contributed by atoms with Crippen molar-refractivity contribution < 1.29 is 0 Å². The smallest absolute Gasteiger partial charge is 0.224 e. The average Bonchev–Trinajstić information content (AvgIpc) is 2.01. The number of nitrogens with zero attached hydrogens (tertiary/aromatic N) is 2. The third kappa shape index (κ3) is 3.05. The van der Waals surface area contributed by atoms with Crippen molar-refractivity contribution in [3.05, 3.63) is 17.4 Å². The van der Waals surface area contributed by atoms with Crippen molar-refractivity contribution in [3.8, 4) is 0 Å². The molecule has 0 atom stereocenters. The third-order valence-electron chi connectivity index (χ3n) is 1.29. The van der Waals surface area contributed by atoms with E-state index < -0.39 is 0 Å². The van der Waals surface area contributed by atoms with Crippen LogP contribution < -0.4 is 5.32 Å². The van der Waals surface area contributed by atoms with Gasteiger partial charge >= 0.3 is 0 Å². The number of rotatable bonds is 3. The fourth-order valence-corrected chi connectivity index (χ4v) is 0.854. The van der Waals surface area contributed by atoms with Crippen LogP contribution >= 0.6 is 11.6 Å². The van der Waals surface area contributed by atoms with Gasteiger partial charge in [0.1, 0.15) is 5.15 Å². The predicted octanol–water partition coefficient (Wildman–Crippen LogP) is 2.20. The summed E-state index contributed by atoms with van der Waals surface area (Å²) < 4.78 is 0. The average molecular weight is 186 g/mol. The van der Waals surface area contributed by atoms with Gasteiger partial charge in [0.25, 0.3) is 0 Å². The van der Waals surface area contributed by atoms with Crippen LogP contribution in [0.5, 0.6) is 0 Å². The Bertz CT molecular complexity index is 250. The lowest BCUT2D eigenvalue weighted by molar-refractivity contribution is 0.684. The standard InChI is InChI=1S/C8H12ClN3/c1-6(2)5-11-8-10-4-3-7(9)12-8/h3-4,6H,5H2,1-2H3,(H,10,11,12). The molecule has 0 fully saturated rings. The molecule has 1 rings (SSSR count). The normalized spacial score (nSPS) is 10.3. The molecule has 1 heterocycles. The number of aromatic nitrogens is 2. The lowest BCUT2D eigenvalue weighted by atomic mass is 10.2. The maximum atomic E-state index is 5.67. The van der Waals surface area contributed by atoms with Crippen LogP contribution in [0.2, 0.25) is 5.15 Å². The summed E-state index contributed by atoms with van der Waals surface area (Å²) in [4.78, 5) is 7.99. The number of nitrogens with one attached hydrogen (secondary N) is 1. The van der Waals surface area contributed by atoms with E-state index in [1.807, 2.05) is 0 Å². The summed E-state index contributed by atoms with van der Waals surface area (Å²) in [5.41, 5.74) is 0. The molecule has 0 saturated carbocycles. The Morgan fingerprint density at radius 3 is 2.92 bits per heavy atom. The van der Waals surface area contributed by atoms with Gasteiger partial charge in [-0.05, 0) is 12.0 Å². The summed E-state index contributed by atoms with van der Waals surface area (Å²) in [6, 6.07) is 1.65. The van der Waals surface area contributed by atoms with E-state index in [2.05, 4.69) is 29.1 Å². The molecule has 0 bridgehead atoms. The van der Waals surface area contributed by atoms with Crippen molar-refractivity contribution in [1.82, 2.24) is 9.97 Å². The molecule has 1 aromatic heterocycles. The van der Waals surface area contributed by atoms with Crippen molar-refractivity contribution in [2.75, 3.05) is 11.9 Å². The van der Waals surface area contributed by atoms with Crippen LogP contribution in [0.1, 0.15) is 13.8 Å². The van der Waals surface area contributed by atoms with E-state index in [1.165, 1.54) is 0 Å². The Labute approximate surface area is 77.2 Å². The first-order valence-electron chi connectivity index (χ1n) is 3.91. The molecule has 4 heteroatoms. The second-order valence-corrected chi connectivity index (χ2v) is 3.36. The molecule has 0 aliphatic rings. The van der Waals surface area contributed by atoms with Gasteiger partial charge in [-0.3, -0.25) is 0 Å². The maximum Gasteiger partial charge on any atom is 0.224 e. The van der Waals surface area contributed by atoms with Gasteiger partial charge in [-0.25, -0.2) is 9.97 Å². The second kappa shape index (κ2) is 4.26. The van der Waals surface area contributed by atoms with Crippen LogP contribution in [0, 0.1) is 5.92 Å². The quantitative estimate of drug-likeness (QED) is 0.734. The summed E-state index contributed by atoms with van der Waals surface area (Å²) >= 11 is 5.67. The molecular weight excluding hydrogens is 174 g/mol. The zero-order valence-electron chi connectivity index (χ0n) is 7.21. The molecular formula is C8H12ClN3. The van der Waals surface area contributed by atoms with Crippen LogP contribution in [0.25, 0.3) is 0 Å². The Hall–Kier alpha value is -0.830. The minimum atomic E-state index is 0.469. The van der Waals surface area contributed by atoms with Gasteiger partial charge in [0, 0.05) is 12.7 Å². The van der Waals surface area contributed by atoms with Gasteiger partial charge in [-0.2, -0.15) is 0 Å². The first kappa shape index (κ1) is 9.26. The van der Waals surface area contributed by atoms with Gasteiger partial charge < -0.3 is 5.32 Å². The Balaban J connectivity index is 2.52. The lowest BCUT2D eigenvalue weighted by Crippen LogP contribution is -2.10. The van der Waals surface area contributed by atoms with Crippen molar-refractivity contribution in [3.63, 3.8) is 0 Å². The zero-order chi connectivity index (χ0) is 8.97. The molecule has 1 aromatic rings. The predicted molar refractivity (Wildman–Crippen MR) is 50.4 cm³/mol. The molecule has 0 aliphatic carbocycles. The van der Waals surface area contributed by atoms with Gasteiger partial charge in [0.15, 0.2) is 0 Å². The molecule has 1 N–H and O–H groups in total. The molecule has 0 spiro atoms. The van der Waals surface area contributed by atoms with E-state index in [9.17, 15) is 0 Å². The molecule has 0 amide bonds. The number of hydrogen-bond donors (Lipinski definition) is 1. The van der Waals surface area contributed by atoms with Gasteiger partial charge in [-0.1, -0.05) is 25.4 Å². The molecule has 12 heavy (non-hydrogen) atoms. The molecule has 0 radical (unpaired) electrons. The third-order valence-corrected chi connectivity index (χ3v) is 1.50. The minimum absolute atomic E-state index is 0.469. The van der Waals surface area contributed by atoms with E-state index in [0.717, 1.165) is 6.54 Å². The van der Waals surface area contributed by atoms with Crippen molar-refractivity contribution in [1.29, 1.82) is 0 Å². The molecule has 66 valence electrons. The first-order valence-corrected chi connectivity index (χ1v) is 4.28. The van der Waals surface area contributed by atoms with E-state index in [1.54, 1.807) is 12.3 Å². The summed E-state index contributed by atoms with van der Waals surface area (Å²) in [7, 11) is 0. The fourth-order valence-electron chi connectivity index (χ4n) is 0.717. The largest absolute Gasteiger partial charge is 0.354 e. The Morgan fingerprint density at radius 2 is 2.33 bits per heavy atom. The number of hydrogen-bond acceptors (Lipinski definition) is 3. The highest BCUT2D eigenvalue weighted by atomic mass is 35.5. The van der Waals surface area contributed by atoms with E-state index in [-0.39, 0.29) is 0 Å². The Kier molecular flexibility index (Phi) is 3.29. The first-order chi connectivity index (χ1) is 5.68. The van der Waals surface area contributed by atoms with Crippen LogP contribution in [-0.4, -0.2) is 16.5 Å². The SMILES string of the molecule is CC(C)CNc1nccc(Cl)n1. The summed E-state index contributed by atoms with van der Waals surface area (Å²) in [5.74, 6) is 1.17. The highest BCUT2D eigenvalue weighted by Crippen LogP contribution is 2.05. The van der Waals surface area contributed by atoms with Crippen LogP contribution in [0.3, 0.4) is 0 Å². The van der Waals surface area contributed by atoms with Crippen LogP contribution in [-0.2, 0) is 0 Å². The molecule has 0 saturated heterocycles. The molecule has 0 aromatic carbocycles. The van der Waals surface area contributed by atoms with E-state index in [4.69, 9.17) is 11.6 Å². The van der Waals surface area contributed by atoms with Crippen molar-refractivity contribution in [2.24, 2.45) is 5.92 Å². The maximum absolute atomic E-state index is 5.67. The minimum Gasteiger partial charge on any atom is -0.354 e. The summed E-state index contributed by atoms with van der Waals surface area (Å²) in [6.45, 7) is 5.11. The topological polar surface area (TPSA) is 37.8 Å². The lowest BCUT2D eigenvalue weighted by Gasteiger charge is -2.06. The van der Waals surface area contributed by atoms with Gasteiger partial charge in [-0.15, -0.1) is 0 Å².